The van der Waals surface area contributed by atoms with Crippen molar-refractivity contribution in [3.05, 3.63) is 72.4 Å². The second kappa shape index (κ2) is 6.79. The molecule has 0 fully saturated rings. The number of hydrogen-bond acceptors (Lipinski definition) is 4. The molecule has 3 aromatic rings. The Kier molecular flexibility index (Phi) is 4.38. The highest BCUT2D eigenvalue weighted by molar-refractivity contribution is 5.95. The zero-order valence-corrected chi connectivity index (χ0v) is 12.7. The van der Waals surface area contributed by atoms with Crippen LogP contribution in [0, 0.1) is 0 Å². The summed E-state index contributed by atoms with van der Waals surface area (Å²) in [7, 11) is 1.62. The van der Waals surface area contributed by atoms with E-state index in [9.17, 15) is 4.79 Å². The number of aromatic nitrogens is 1. The molecular formula is C18H16N2O3. The van der Waals surface area contributed by atoms with Gasteiger partial charge in [-0.3, -0.25) is 9.78 Å². The molecule has 116 valence electrons. The lowest BCUT2D eigenvalue weighted by Crippen LogP contribution is -2.22. The van der Waals surface area contributed by atoms with Crippen molar-refractivity contribution >= 4 is 5.91 Å². The van der Waals surface area contributed by atoms with Crippen LogP contribution in [-0.2, 0) is 6.54 Å². The van der Waals surface area contributed by atoms with Crippen LogP contribution < -0.4 is 10.1 Å². The van der Waals surface area contributed by atoms with Crippen molar-refractivity contribution in [1.82, 2.24) is 10.3 Å². The van der Waals surface area contributed by atoms with Crippen molar-refractivity contribution in [2.24, 2.45) is 0 Å². The summed E-state index contributed by atoms with van der Waals surface area (Å²) in [6.45, 7) is 0.342. The number of furan rings is 1. The van der Waals surface area contributed by atoms with Crippen LogP contribution in [-0.4, -0.2) is 18.0 Å². The molecule has 1 amide bonds. The molecule has 0 bridgehead atoms. The first-order valence-corrected chi connectivity index (χ1v) is 7.16. The van der Waals surface area contributed by atoms with E-state index in [4.69, 9.17) is 9.15 Å². The van der Waals surface area contributed by atoms with Gasteiger partial charge in [0, 0.05) is 18.0 Å². The quantitative estimate of drug-likeness (QED) is 0.785. The van der Waals surface area contributed by atoms with Crippen molar-refractivity contribution in [3.63, 3.8) is 0 Å². The van der Waals surface area contributed by atoms with Crippen LogP contribution in [0.3, 0.4) is 0 Å². The Morgan fingerprint density at radius 3 is 2.87 bits per heavy atom. The lowest BCUT2D eigenvalue weighted by atomic mass is 10.1. The van der Waals surface area contributed by atoms with E-state index in [2.05, 4.69) is 10.3 Å². The maximum absolute atomic E-state index is 12.2. The van der Waals surface area contributed by atoms with Gasteiger partial charge in [-0.1, -0.05) is 12.1 Å². The van der Waals surface area contributed by atoms with Gasteiger partial charge in [0.15, 0.2) is 0 Å². The van der Waals surface area contributed by atoms with Gasteiger partial charge >= 0.3 is 0 Å². The van der Waals surface area contributed by atoms with Gasteiger partial charge in [0.2, 0.25) is 0 Å². The van der Waals surface area contributed by atoms with Gasteiger partial charge in [0.25, 0.3) is 5.91 Å². The summed E-state index contributed by atoms with van der Waals surface area (Å²) in [5.41, 5.74) is 2.30. The van der Waals surface area contributed by atoms with E-state index in [0.29, 0.717) is 17.9 Å². The molecule has 0 aliphatic carbocycles. The van der Waals surface area contributed by atoms with Crippen LogP contribution in [0.5, 0.6) is 5.75 Å². The predicted octanol–water partition coefficient (Wildman–Crippen LogP) is 3.28. The van der Waals surface area contributed by atoms with Crippen LogP contribution >= 0.6 is 0 Å². The molecule has 0 saturated carbocycles. The number of carbonyl (C=O) groups excluding carboxylic acids is 1. The summed E-state index contributed by atoms with van der Waals surface area (Å²) in [6, 6.07) is 13.0. The number of benzene rings is 1. The minimum Gasteiger partial charge on any atom is -0.497 e. The van der Waals surface area contributed by atoms with Crippen molar-refractivity contribution in [2.45, 2.75) is 6.54 Å². The number of hydrogen-bond donors (Lipinski definition) is 1. The molecule has 0 unspecified atom stereocenters. The van der Waals surface area contributed by atoms with Gasteiger partial charge in [-0.2, -0.15) is 0 Å². The molecule has 5 nitrogen and oxygen atoms in total. The number of pyridine rings is 1. The normalized spacial score (nSPS) is 10.3. The molecule has 5 heteroatoms. The standard InChI is InChI=1S/C18H16N2O3/c1-22-16-5-2-4-13(9-16)14-8-15(11-19-10-14)18(21)20-12-17-6-3-7-23-17/h2-11H,12H2,1H3,(H,20,21). The number of carbonyl (C=O) groups is 1. The zero-order chi connectivity index (χ0) is 16.1. The Balaban J connectivity index is 1.77. The number of rotatable bonds is 5. The highest BCUT2D eigenvalue weighted by atomic mass is 16.5. The predicted molar refractivity (Wildman–Crippen MR) is 86.1 cm³/mol. The average molecular weight is 308 g/mol. The Morgan fingerprint density at radius 1 is 1.17 bits per heavy atom. The van der Waals surface area contributed by atoms with Gasteiger partial charge in [-0.15, -0.1) is 0 Å². The topological polar surface area (TPSA) is 64.4 Å². The van der Waals surface area contributed by atoms with E-state index in [1.54, 1.807) is 37.9 Å². The van der Waals surface area contributed by atoms with Crippen molar-refractivity contribution in [1.29, 1.82) is 0 Å². The van der Waals surface area contributed by atoms with E-state index in [1.165, 1.54) is 0 Å². The first-order valence-electron chi connectivity index (χ1n) is 7.16. The molecular weight excluding hydrogens is 292 g/mol. The number of methoxy groups -OCH3 is 1. The number of amides is 1. The third-order valence-electron chi connectivity index (χ3n) is 3.41. The van der Waals surface area contributed by atoms with Gasteiger partial charge in [-0.25, -0.2) is 0 Å². The van der Waals surface area contributed by atoms with Crippen LogP contribution in [0.15, 0.2) is 65.5 Å². The van der Waals surface area contributed by atoms with Gasteiger partial charge < -0.3 is 14.5 Å². The summed E-state index contributed by atoms with van der Waals surface area (Å²) in [6.07, 6.45) is 4.84. The molecule has 1 N–H and O–H groups in total. The second-order valence-electron chi connectivity index (χ2n) is 4.96. The Hall–Kier alpha value is -3.08. The summed E-state index contributed by atoms with van der Waals surface area (Å²) in [5, 5.41) is 2.81. The smallest absolute Gasteiger partial charge is 0.253 e. The average Bonchev–Trinajstić information content (AvgIpc) is 3.13. The minimum atomic E-state index is -0.196. The van der Waals surface area contributed by atoms with Gasteiger partial charge in [-0.05, 0) is 35.9 Å². The molecule has 0 aliphatic rings. The molecule has 2 heterocycles. The fourth-order valence-electron chi connectivity index (χ4n) is 2.21. The van der Waals surface area contributed by atoms with Crippen LogP contribution in [0.25, 0.3) is 11.1 Å². The molecule has 23 heavy (non-hydrogen) atoms. The van der Waals surface area contributed by atoms with Crippen molar-refractivity contribution in [3.8, 4) is 16.9 Å². The Bertz CT molecular complexity index is 798. The molecule has 2 aromatic heterocycles. The van der Waals surface area contributed by atoms with Crippen LogP contribution in [0.4, 0.5) is 0 Å². The van der Waals surface area contributed by atoms with E-state index in [1.807, 2.05) is 30.3 Å². The maximum atomic E-state index is 12.2. The van der Waals surface area contributed by atoms with E-state index >= 15 is 0 Å². The van der Waals surface area contributed by atoms with E-state index in [-0.39, 0.29) is 5.91 Å². The largest absolute Gasteiger partial charge is 0.497 e. The first kappa shape index (κ1) is 14.8. The minimum absolute atomic E-state index is 0.196. The third kappa shape index (κ3) is 3.58. The first-order chi connectivity index (χ1) is 11.3. The van der Waals surface area contributed by atoms with E-state index < -0.39 is 0 Å². The highest BCUT2D eigenvalue weighted by Gasteiger charge is 2.09. The van der Waals surface area contributed by atoms with Crippen molar-refractivity contribution in [2.75, 3.05) is 7.11 Å². The highest BCUT2D eigenvalue weighted by Crippen LogP contribution is 2.23. The molecule has 0 saturated heterocycles. The SMILES string of the molecule is COc1cccc(-c2cncc(C(=O)NCc3ccco3)c2)c1. The monoisotopic (exact) mass is 308 g/mol. The molecule has 1 aromatic carbocycles. The Labute approximate surface area is 133 Å². The third-order valence-corrected chi connectivity index (χ3v) is 3.41. The van der Waals surface area contributed by atoms with Crippen LogP contribution in [0.2, 0.25) is 0 Å². The fourth-order valence-corrected chi connectivity index (χ4v) is 2.21. The molecule has 0 spiro atoms. The number of ether oxygens (including phenoxy) is 1. The summed E-state index contributed by atoms with van der Waals surface area (Å²) >= 11 is 0. The fraction of sp³-hybridized carbons (Fsp3) is 0.111. The lowest BCUT2D eigenvalue weighted by molar-refractivity contribution is 0.0947. The summed E-state index contributed by atoms with van der Waals surface area (Å²) in [4.78, 5) is 16.4. The van der Waals surface area contributed by atoms with Crippen molar-refractivity contribution < 1.29 is 13.9 Å². The molecule has 0 radical (unpaired) electrons. The lowest BCUT2D eigenvalue weighted by Gasteiger charge is -2.07. The molecule has 0 aliphatic heterocycles. The molecule has 0 atom stereocenters. The maximum Gasteiger partial charge on any atom is 0.253 e. The van der Waals surface area contributed by atoms with Crippen LogP contribution in [0.1, 0.15) is 16.1 Å². The second-order valence-corrected chi connectivity index (χ2v) is 4.96. The van der Waals surface area contributed by atoms with Gasteiger partial charge in [0.05, 0.1) is 25.5 Å². The molecule has 3 rings (SSSR count). The number of nitrogens with one attached hydrogen (secondary N) is 1. The summed E-state index contributed by atoms with van der Waals surface area (Å²) < 4.78 is 10.4. The summed E-state index contributed by atoms with van der Waals surface area (Å²) in [5.74, 6) is 1.27. The zero-order valence-electron chi connectivity index (χ0n) is 12.7. The Morgan fingerprint density at radius 2 is 2.09 bits per heavy atom. The number of nitrogens with zero attached hydrogens (tertiary/aromatic N) is 1. The van der Waals surface area contributed by atoms with Gasteiger partial charge in [0.1, 0.15) is 11.5 Å². The van der Waals surface area contributed by atoms with E-state index in [0.717, 1.165) is 16.9 Å².